The average Bonchev–Trinajstić information content (AvgIpc) is 2.88. The van der Waals surface area contributed by atoms with Gasteiger partial charge in [-0.2, -0.15) is 13.2 Å². The molecule has 2 aliphatic heterocycles. The fraction of sp³-hybridized carbons (Fsp3) is 0.647. The van der Waals surface area contributed by atoms with Crippen LogP contribution in [0.5, 0.6) is 0 Å². The van der Waals surface area contributed by atoms with Crippen LogP contribution < -0.4 is 10.6 Å². The van der Waals surface area contributed by atoms with Gasteiger partial charge in [-0.25, -0.2) is 8.78 Å². The maximum Gasteiger partial charge on any atom is 0.419 e. The lowest BCUT2D eigenvalue weighted by Crippen LogP contribution is -2.44. The van der Waals surface area contributed by atoms with Gasteiger partial charge in [0.05, 0.1) is 18.8 Å². The molecule has 2 N–H and O–H groups in total. The Labute approximate surface area is 142 Å². The average molecular weight is 364 g/mol. The predicted octanol–water partition coefficient (Wildman–Crippen LogP) is 3.26. The van der Waals surface area contributed by atoms with E-state index in [2.05, 4.69) is 17.6 Å². The maximum absolute atomic E-state index is 14.3. The van der Waals surface area contributed by atoms with Gasteiger partial charge in [-0.1, -0.05) is 6.92 Å². The highest BCUT2D eigenvalue weighted by molar-refractivity contribution is 5.31. The zero-order valence-corrected chi connectivity index (χ0v) is 13.8. The molecular weight excluding hydrogens is 343 g/mol. The Kier molecular flexibility index (Phi) is 5.31. The first-order chi connectivity index (χ1) is 11.8. The summed E-state index contributed by atoms with van der Waals surface area (Å²) in [5, 5.41) is 6.53. The molecule has 140 valence electrons. The molecule has 1 unspecified atom stereocenters. The summed E-state index contributed by atoms with van der Waals surface area (Å²) < 4.78 is 71.6. The van der Waals surface area contributed by atoms with E-state index in [0.717, 1.165) is 13.0 Å². The van der Waals surface area contributed by atoms with Gasteiger partial charge in [0.2, 0.25) is 0 Å². The fourth-order valence-electron chi connectivity index (χ4n) is 3.44. The van der Waals surface area contributed by atoms with E-state index in [0.29, 0.717) is 31.7 Å². The van der Waals surface area contributed by atoms with Crippen molar-refractivity contribution in [2.75, 3.05) is 26.3 Å². The Hall–Kier alpha value is -1.25. The molecule has 0 amide bonds. The topological polar surface area (TPSA) is 33.3 Å². The molecule has 2 heterocycles. The minimum Gasteiger partial charge on any atom is -0.381 e. The van der Waals surface area contributed by atoms with Crippen molar-refractivity contribution >= 4 is 0 Å². The SMILES string of the molecule is C[C@H]1CNC(CN[C@@H](c2cc(F)c(C(F)(F)F)cc2F)C2COC2)C1. The van der Waals surface area contributed by atoms with E-state index in [-0.39, 0.29) is 23.6 Å². The minimum atomic E-state index is -4.92. The minimum absolute atomic E-state index is 0.0788. The number of halogens is 5. The van der Waals surface area contributed by atoms with Gasteiger partial charge in [0, 0.05) is 30.1 Å². The number of ether oxygens (including phenoxy) is 1. The van der Waals surface area contributed by atoms with Crippen LogP contribution in [-0.2, 0) is 10.9 Å². The molecule has 3 nitrogen and oxygen atoms in total. The quantitative estimate of drug-likeness (QED) is 0.787. The molecule has 1 aromatic rings. The summed E-state index contributed by atoms with van der Waals surface area (Å²) in [6, 6.07) is 0.539. The zero-order chi connectivity index (χ0) is 18.2. The van der Waals surface area contributed by atoms with E-state index in [9.17, 15) is 22.0 Å². The Balaban J connectivity index is 1.80. The highest BCUT2D eigenvalue weighted by Gasteiger charge is 2.38. The van der Waals surface area contributed by atoms with Crippen LogP contribution in [0.15, 0.2) is 12.1 Å². The second-order valence-corrected chi connectivity index (χ2v) is 6.98. The predicted molar refractivity (Wildman–Crippen MR) is 82.0 cm³/mol. The summed E-state index contributed by atoms with van der Waals surface area (Å²) in [7, 11) is 0. The molecule has 3 rings (SSSR count). The van der Waals surface area contributed by atoms with Crippen molar-refractivity contribution in [2.45, 2.75) is 31.6 Å². The van der Waals surface area contributed by atoms with Crippen LogP contribution in [0.3, 0.4) is 0 Å². The second kappa shape index (κ2) is 7.17. The molecule has 8 heteroatoms. The molecule has 1 aromatic carbocycles. The van der Waals surface area contributed by atoms with E-state index in [1.54, 1.807) is 0 Å². The van der Waals surface area contributed by atoms with Gasteiger partial charge in [0.1, 0.15) is 11.6 Å². The summed E-state index contributed by atoms with van der Waals surface area (Å²) in [6.07, 6.45) is -3.96. The van der Waals surface area contributed by atoms with E-state index < -0.39 is 29.4 Å². The van der Waals surface area contributed by atoms with Crippen molar-refractivity contribution in [2.24, 2.45) is 11.8 Å². The molecule has 2 aliphatic rings. The molecule has 0 radical (unpaired) electrons. The van der Waals surface area contributed by atoms with E-state index in [4.69, 9.17) is 4.74 Å². The van der Waals surface area contributed by atoms with E-state index >= 15 is 0 Å². The molecule has 2 saturated heterocycles. The van der Waals surface area contributed by atoms with Crippen molar-refractivity contribution in [3.63, 3.8) is 0 Å². The van der Waals surface area contributed by atoms with Crippen LogP contribution in [0.4, 0.5) is 22.0 Å². The first kappa shape index (κ1) is 18.5. The van der Waals surface area contributed by atoms with E-state index in [1.165, 1.54) is 0 Å². The van der Waals surface area contributed by atoms with Crippen LogP contribution in [0, 0.1) is 23.5 Å². The highest BCUT2D eigenvalue weighted by Crippen LogP contribution is 2.36. The lowest BCUT2D eigenvalue weighted by molar-refractivity contribution is -0.140. The first-order valence-corrected chi connectivity index (χ1v) is 8.36. The third-order valence-electron chi connectivity index (χ3n) is 4.89. The Morgan fingerprint density at radius 3 is 2.48 bits per heavy atom. The fourth-order valence-corrected chi connectivity index (χ4v) is 3.44. The lowest BCUT2D eigenvalue weighted by atomic mass is 9.90. The molecule has 25 heavy (non-hydrogen) atoms. The number of alkyl halides is 3. The third-order valence-corrected chi connectivity index (χ3v) is 4.89. The monoisotopic (exact) mass is 364 g/mol. The number of hydrogen-bond acceptors (Lipinski definition) is 3. The number of benzene rings is 1. The molecule has 0 aliphatic carbocycles. The number of nitrogens with one attached hydrogen (secondary N) is 2. The van der Waals surface area contributed by atoms with Crippen LogP contribution in [0.2, 0.25) is 0 Å². The van der Waals surface area contributed by atoms with Crippen molar-refractivity contribution in [1.82, 2.24) is 10.6 Å². The van der Waals surface area contributed by atoms with Gasteiger partial charge < -0.3 is 15.4 Å². The third kappa shape index (κ3) is 4.12. The normalized spacial score (nSPS) is 25.8. The van der Waals surface area contributed by atoms with Crippen molar-refractivity contribution in [3.05, 3.63) is 34.9 Å². The Bertz CT molecular complexity index is 618. The smallest absolute Gasteiger partial charge is 0.381 e. The Morgan fingerprint density at radius 1 is 1.24 bits per heavy atom. The summed E-state index contributed by atoms with van der Waals surface area (Å²) >= 11 is 0. The van der Waals surface area contributed by atoms with Gasteiger partial charge in [0.25, 0.3) is 0 Å². The van der Waals surface area contributed by atoms with Crippen molar-refractivity contribution in [1.29, 1.82) is 0 Å². The molecule has 0 aromatic heterocycles. The second-order valence-electron chi connectivity index (χ2n) is 6.98. The lowest BCUT2D eigenvalue weighted by Gasteiger charge is -2.35. The maximum atomic E-state index is 14.3. The van der Waals surface area contributed by atoms with Crippen molar-refractivity contribution < 1.29 is 26.7 Å². The molecule has 3 atom stereocenters. The highest BCUT2D eigenvalue weighted by atomic mass is 19.4. The van der Waals surface area contributed by atoms with Crippen molar-refractivity contribution in [3.8, 4) is 0 Å². The van der Waals surface area contributed by atoms with E-state index in [1.807, 2.05) is 0 Å². The van der Waals surface area contributed by atoms with Gasteiger partial charge in [-0.15, -0.1) is 0 Å². The summed E-state index contributed by atoms with van der Waals surface area (Å²) in [4.78, 5) is 0. The van der Waals surface area contributed by atoms with Crippen LogP contribution >= 0.6 is 0 Å². The van der Waals surface area contributed by atoms with Gasteiger partial charge in [0.15, 0.2) is 0 Å². The number of hydrogen-bond donors (Lipinski definition) is 2. The summed E-state index contributed by atoms with van der Waals surface area (Å²) in [5.74, 6) is -2.06. The Morgan fingerprint density at radius 2 is 1.96 bits per heavy atom. The molecule has 2 fully saturated rings. The number of rotatable bonds is 5. The zero-order valence-electron chi connectivity index (χ0n) is 13.8. The van der Waals surface area contributed by atoms with Crippen LogP contribution in [0.25, 0.3) is 0 Å². The summed E-state index contributed by atoms with van der Waals surface area (Å²) in [6.45, 7) is 4.29. The molecule has 0 bridgehead atoms. The van der Waals surface area contributed by atoms with Gasteiger partial charge >= 0.3 is 6.18 Å². The van der Waals surface area contributed by atoms with Crippen LogP contribution in [0.1, 0.15) is 30.5 Å². The van der Waals surface area contributed by atoms with Gasteiger partial charge in [-0.05, 0) is 31.0 Å². The van der Waals surface area contributed by atoms with Crippen LogP contribution in [-0.4, -0.2) is 32.3 Å². The summed E-state index contributed by atoms with van der Waals surface area (Å²) in [5.41, 5.74) is -1.66. The molecule has 0 saturated carbocycles. The first-order valence-electron chi connectivity index (χ1n) is 8.36. The largest absolute Gasteiger partial charge is 0.419 e. The molecule has 0 spiro atoms. The van der Waals surface area contributed by atoms with Gasteiger partial charge in [-0.3, -0.25) is 0 Å². The molecular formula is C17H21F5N2O. The standard InChI is InChI=1S/C17H21F5N2O/c1-9-2-11(23-5-9)6-24-16(10-7-25-8-10)12-3-15(19)13(4-14(12)18)17(20,21)22/h3-4,9-11,16,23-24H,2,5-8H2,1H3/t9-,11?,16-/m1/s1.